The van der Waals surface area contributed by atoms with E-state index in [0.29, 0.717) is 48.7 Å². The minimum atomic E-state index is 0.607. The van der Waals surface area contributed by atoms with E-state index in [1.54, 1.807) is 28.2 Å². The van der Waals surface area contributed by atoms with Crippen LogP contribution in [0.3, 0.4) is 0 Å². The average Bonchev–Trinajstić information content (AvgIpc) is 3.02. The van der Waals surface area contributed by atoms with Gasteiger partial charge in [0, 0.05) is 26.6 Å². The van der Waals surface area contributed by atoms with Crippen molar-refractivity contribution < 1.29 is 14.0 Å². The molecule has 24 heavy (non-hydrogen) atoms. The van der Waals surface area contributed by atoms with Crippen molar-refractivity contribution in [2.24, 2.45) is 4.99 Å². The van der Waals surface area contributed by atoms with Gasteiger partial charge in [0.2, 0.25) is 5.89 Å². The van der Waals surface area contributed by atoms with Crippen molar-refractivity contribution in [2.45, 2.75) is 19.9 Å². The van der Waals surface area contributed by atoms with Crippen LogP contribution in [0, 0.1) is 6.92 Å². The summed E-state index contributed by atoms with van der Waals surface area (Å²) in [5, 5.41) is 10.2. The third-order valence-corrected chi connectivity index (χ3v) is 3.33. The van der Waals surface area contributed by atoms with Crippen molar-refractivity contribution in [3.8, 4) is 11.5 Å². The summed E-state index contributed by atoms with van der Waals surface area (Å²) in [7, 11) is 4.96. The van der Waals surface area contributed by atoms with E-state index in [-0.39, 0.29) is 0 Å². The van der Waals surface area contributed by atoms with Crippen molar-refractivity contribution in [1.29, 1.82) is 0 Å². The summed E-state index contributed by atoms with van der Waals surface area (Å²) in [6.07, 6.45) is 0.637. The molecule has 1 aromatic carbocycles. The van der Waals surface area contributed by atoms with Gasteiger partial charge in [-0.1, -0.05) is 11.2 Å². The molecule has 0 radical (unpaired) electrons. The number of hydrogen-bond donors (Lipinski definition) is 2. The van der Waals surface area contributed by atoms with Gasteiger partial charge < -0.3 is 24.6 Å². The van der Waals surface area contributed by atoms with Crippen molar-refractivity contribution in [2.75, 3.05) is 27.8 Å². The zero-order chi connectivity index (χ0) is 17.4. The molecule has 2 aromatic rings. The van der Waals surface area contributed by atoms with Crippen molar-refractivity contribution in [1.82, 2.24) is 20.8 Å². The maximum atomic E-state index is 5.30. The number of benzene rings is 1. The molecule has 0 aliphatic carbocycles. The van der Waals surface area contributed by atoms with Crippen LogP contribution in [0.2, 0.25) is 0 Å². The molecule has 2 N–H and O–H groups in total. The first kappa shape index (κ1) is 17.6. The summed E-state index contributed by atoms with van der Waals surface area (Å²) < 4.78 is 15.6. The Kier molecular flexibility index (Phi) is 6.41. The van der Waals surface area contributed by atoms with Gasteiger partial charge in [-0.25, -0.2) is 0 Å². The average molecular weight is 333 g/mol. The fraction of sp³-hybridized carbons (Fsp3) is 0.438. The zero-order valence-electron chi connectivity index (χ0n) is 14.4. The zero-order valence-corrected chi connectivity index (χ0v) is 14.4. The number of ether oxygens (including phenoxy) is 2. The standard InChI is InChI=1S/C16H23N5O3/c1-11-20-15(24-21-11)7-8-18-16(17-2)19-10-12-5-6-13(22-3)14(9-12)23-4/h5-6,9H,7-8,10H2,1-4H3,(H2,17,18,19). The van der Waals surface area contributed by atoms with E-state index >= 15 is 0 Å². The molecular weight excluding hydrogens is 310 g/mol. The molecule has 0 unspecified atom stereocenters. The Morgan fingerprint density at radius 1 is 1.21 bits per heavy atom. The summed E-state index contributed by atoms with van der Waals surface area (Å²) >= 11 is 0. The molecule has 0 saturated heterocycles. The lowest BCUT2D eigenvalue weighted by atomic mass is 10.2. The van der Waals surface area contributed by atoms with Gasteiger partial charge in [0.05, 0.1) is 14.2 Å². The van der Waals surface area contributed by atoms with Crippen molar-refractivity contribution in [3.05, 3.63) is 35.5 Å². The van der Waals surface area contributed by atoms with Gasteiger partial charge in [-0.3, -0.25) is 4.99 Å². The van der Waals surface area contributed by atoms with E-state index in [9.17, 15) is 0 Å². The number of aromatic nitrogens is 2. The first-order valence-corrected chi connectivity index (χ1v) is 7.61. The smallest absolute Gasteiger partial charge is 0.228 e. The van der Waals surface area contributed by atoms with Crippen LogP contribution in [0.5, 0.6) is 11.5 Å². The molecule has 0 atom stereocenters. The summed E-state index contributed by atoms with van der Waals surface area (Å²) in [6, 6.07) is 5.78. The minimum absolute atomic E-state index is 0.607. The highest BCUT2D eigenvalue weighted by Crippen LogP contribution is 2.27. The van der Waals surface area contributed by atoms with Crippen molar-refractivity contribution >= 4 is 5.96 Å². The van der Waals surface area contributed by atoms with Crippen LogP contribution in [0.25, 0.3) is 0 Å². The molecule has 8 nitrogen and oxygen atoms in total. The molecule has 8 heteroatoms. The second-order valence-electron chi connectivity index (χ2n) is 5.03. The molecule has 0 bridgehead atoms. The number of hydrogen-bond acceptors (Lipinski definition) is 6. The predicted octanol–water partition coefficient (Wildman–Crippen LogP) is 1.30. The van der Waals surface area contributed by atoms with Gasteiger partial charge >= 0.3 is 0 Å². The molecule has 0 spiro atoms. The van der Waals surface area contributed by atoms with E-state index in [1.165, 1.54) is 0 Å². The van der Waals surface area contributed by atoms with Gasteiger partial charge in [-0.2, -0.15) is 4.98 Å². The van der Waals surface area contributed by atoms with Crippen LogP contribution >= 0.6 is 0 Å². The van der Waals surface area contributed by atoms with E-state index in [0.717, 1.165) is 5.56 Å². The molecule has 0 fully saturated rings. The van der Waals surface area contributed by atoms with Gasteiger partial charge in [0.1, 0.15) is 0 Å². The fourth-order valence-corrected chi connectivity index (χ4v) is 2.13. The van der Waals surface area contributed by atoms with Crippen LogP contribution in [-0.4, -0.2) is 43.9 Å². The van der Waals surface area contributed by atoms with Gasteiger partial charge in [0.15, 0.2) is 23.3 Å². The third kappa shape index (κ3) is 4.87. The monoisotopic (exact) mass is 333 g/mol. The molecule has 2 rings (SSSR count). The second kappa shape index (κ2) is 8.76. The van der Waals surface area contributed by atoms with E-state index < -0.39 is 0 Å². The molecule has 1 aromatic heterocycles. The quantitative estimate of drug-likeness (QED) is 0.582. The number of methoxy groups -OCH3 is 2. The lowest BCUT2D eigenvalue weighted by Crippen LogP contribution is -2.37. The molecule has 130 valence electrons. The number of rotatable bonds is 7. The number of nitrogens with one attached hydrogen (secondary N) is 2. The first-order chi connectivity index (χ1) is 11.7. The molecule has 0 amide bonds. The highest BCUT2D eigenvalue weighted by Gasteiger charge is 2.06. The number of aryl methyl sites for hydroxylation is 1. The predicted molar refractivity (Wildman–Crippen MR) is 90.5 cm³/mol. The fourth-order valence-electron chi connectivity index (χ4n) is 2.13. The Labute approximate surface area is 141 Å². The number of aliphatic imine (C=N–C) groups is 1. The molecule has 0 saturated carbocycles. The van der Waals surface area contributed by atoms with Crippen LogP contribution in [0.4, 0.5) is 0 Å². The lowest BCUT2D eigenvalue weighted by molar-refractivity contribution is 0.354. The van der Waals surface area contributed by atoms with Crippen LogP contribution in [0.1, 0.15) is 17.3 Å². The Balaban J connectivity index is 1.82. The molecule has 0 aliphatic rings. The summed E-state index contributed by atoms with van der Waals surface area (Å²) in [4.78, 5) is 8.35. The van der Waals surface area contributed by atoms with E-state index in [1.807, 2.05) is 18.2 Å². The minimum Gasteiger partial charge on any atom is -0.493 e. The van der Waals surface area contributed by atoms with Crippen LogP contribution < -0.4 is 20.1 Å². The third-order valence-electron chi connectivity index (χ3n) is 3.33. The normalized spacial score (nSPS) is 11.2. The Bertz CT molecular complexity index is 684. The number of nitrogens with zero attached hydrogens (tertiary/aromatic N) is 3. The number of guanidine groups is 1. The van der Waals surface area contributed by atoms with E-state index in [2.05, 4.69) is 25.8 Å². The topological polar surface area (TPSA) is 93.8 Å². The van der Waals surface area contributed by atoms with Crippen LogP contribution in [0.15, 0.2) is 27.7 Å². The lowest BCUT2D eigenvalue weighted by Gasteiger charge is -2.13. The summed E-state index contributed by atoms with van der Waals surface area (Å²) in [6.45, 7) is 3.05. The van der Waals surface area contributed by atoms with Crippen LogP contribution in [-0.2, 0) is 13.0 Å². The highest BCUT2D eigenvalue weighted by molar-refractivity contribution is 5.79. The Hall–Kier alpha value is -2.77. The molecule has 1 heterocycles. The highest BCUT2D eigenvalue weighted by atomic mass is 16.5. The van der Waals surface area contributed by atoms with Gasteiger partial charge in [0.25, 0.3) is 0 Å². The summed E-state index contributed by atoms with van der Waals surface area (Å²) in [5.41, 5.74) is 1.06. The first-order valence-electron chi connectivity index (χ1n) is 7.61. The van der Waals surface area contributed by atoms with Crippen molar-refractivity contribution in [3.63, 3.8) is 0 Å². The van der Waals surface area contributed by atoms with Gasteiger partial charge in [-0.05, 0) is 24.6 Å². The second-order valence-corrected chi connectivity index (χ2v) is 5.03. The van der Waals surface area contributed by atoms with Gasteiger partial charge in [-0.15, -0.1) is 0 Å². The Morgan fingerprint density at radius 2 is 2.00 bits per heavy atom. The maximum Gasteiger partial charge on any atom is 0.228 e. The SMILES string of the molecule is CN=C(NCCc1nc(C)no1)NCc1ccc(OC)c(OC)c1. The van der Waals surface area contributed by atoms with E-state index in [4.69, 9.17) is 14.0 Å². The largest absolute Gasteiger partial charge is 0.493 e. The maximum absolute atomic E-state index is 5.30. The summed E-state index contributed by atoms with van der Waals surface area (Å²) in [5.74, 6) is 3.35. The molecular formula is C16H23N5O3. The molecule has 0 aliphatic heterocycles. The Morgan fingerprint density at radius 3 is 2.62 bits per heavy atom.